The van der Waals surface area contributed by atoms with Gasteiger partial charge in [-0.3, -0.25) is 19.3 Å². The van der Waals surface area contributed by atoms with Crippen LogP contribution in [0.15, 0.2) is 53.0 Å². The van der Waals surface area contributed by atoms with Crippen LogP contribution in [0.1, 0.15) is 27.9 Å². The lowest BCUT2D eigenvalue weighted by Gasteiger charge is -2.50. The number of aromatic hydroxyl groups is 1. The molecule has 1 unspecified atom stereocenters. The SMILES string of the molecule is Cc1ccc(NC(=O)Nc2cc(N(C)C)c3c(c2O)C(=O)C2=C(O)[C@]4(O)C(=O)C(C(N)=O)=C(O)C(N(C)C)[C@@H]4C[C@@H]2C3)cc1. The number of nitrogens with two attached hydrogens (primary N) is 1. The predicted octanol–water partition coefficient (Wildman–Crippen LogP) is 2.14. The van der Waals surface area contributed by atoms with Gasteiger partial charge in [-0.15, -0.1) is 0 Å². The maximum Gasteiger partial charge on any atom is 0.323 e. The first-order chi connectivity index (χ1) is 20.6. The largest absolute Gasteiger partial charge is 0.510 e. The smallest absolute Gasteiger partial charge is 0.323 e. The number of hydrogen-bond donors (Lipinski definition) is 7. The third kappa shape index (κ3) is 4.55. The number of nitrogens with zero attached hydrogens (tertiary/aromatic N) is 2. The van der Waals surface area contributed by atoms with Gasteiger partial charge in [-0.05, 0) is 63.5 Å². The van der Waals surface area contributed by atoms with E-state index in [4.69, 9.17) is 5.73 Å². The third-order valence-corrected chi connectivity index (χ3v) is 8.74. The third-order valence-electron chi connectivity index (χ3n) is 8.74. The summed E-state index contributed by atoms with van der Waals surface area (Å²) in [5.74, 6) is -7.45. The van der Waals surface area contributed by atoms with Gasteiger partial charge in [-0.25, -0.2) is 4.79 Å². The van der Waals surface area contributed by atoms with Crippen LogP contribution in [-0.4, -0.2) is 88.7 Å². The number of fused-ring (bicyclic) bond motifs is 3. The van der Waals surface area contributed by atoms with Crippen LogP contribution >= 0.6 is 0 Å². The van der Waals surface area contributed by atoms with E-state index in [0.29, 0.717) is 16.9 Å². The average molecular weight is 606 g/mol. The summed E-state index contributed by atoms with van der Waals surface area (Å²) in [6.45, 7) is 1.90. The van der Waals surface area contributed by atoms with Crippen LogP contribution in [0, 0.1) is 18.8 Å². The quantitative estimate of drug-likeness (QED) is 0.195. The summed E-state index contributed by atoms with van der Waals surface area (Å²) in [4.78, 5) is 55.9. The van der Waals surface area contributed by atoms with E-state index in [1.54, 1.807) is 45.2 Å². The summed E-state index contributed by atoms with van der Waals surface area (Å²) < 4.78 is 0. The zero-order chi connectivity index (χ0) is 32.4. The second-order valence-electron chi connectivity index (χ2n) is 11.9. The first kappa shape index (κ1) is 30.6. The van der Waals surface area contributed by atoms with Gasteiger partial charge in [0.25, 0.3) is 5.91 Å². The Bertz CT molecular complexity index is 1680. The Morgan fingerprint density at radius 2 is 1.66 bits per heavy atom. The lowest BCUT2D eigenvalue weighted by molar-refractivity contribution is -0.148. The number of aliphatic hydroxyl groups is 3. The summed E-state index contributed by atoms with van der Waals surface area (Å²) >= 11 is 0. The molecule has 13 nitrogen and oxygen atoms in total. The number of carbonyl (C=O) groups is 4. The van der Waals surface area contributed by atoms with Crippen LogP contribution in [0.25, 0.3) is 0 Å². The molecule has 2 aromatic carbocycles. The Hall–Kier alpha value is -4.88. The van der Waals surface area contributed by atoms with Crippen molar-refractivity contribution in [1.82, 2.24) is 4.90 Å². The number of primary amides is 1. The number of ketones is 2. The van der Waals surface area contributed by atoms with E-state index in [0.717, 1.165) is 5.56 Å². The molecular formula is C31H35N5O8. The maximum absolute atomic E-state index is 14.1. The number of anilines is 3. The first-order valence-electron chi connectivity index (χ1n) is 13.9. The van der Waals surface area contributed by atoms with Crippen molar-refractivity contribution in [3.8, 4) is 5.75 Å². The summed E-state index contributed by atoms with van der Waals surface area (Å²) in [6, 6.07) is 6.81. The first-order valence-corrected chi connectivity index (χ1v) is 13.9. The molecule has 0 heterocycles. The van der Waals surface area contributed by atoms with Gasteiger partial charge >= 0.3 is 6.03 Å². The monoisotopic (exact) mass is 605 g/mol. The molecule has 232 valence electrons. The number of benzene rings is 2. The highest BCUT2D eigenvalue weighted by atomic mass is 16.3. The second-order valence-corrected chi connectivity index (χ2v) is 11.9. The zero-order valence-electron chi connectivity index (χ0n) is 24.9. The maximum atomic E-state index is 14.1. The number of aliphatic hydroxyl groups excluding tert-OH is 2. The molecule has 4 atom stereocenters. The van der Waals surface area contributed by atoms with E-state index in [2.05, 4.69) is 10.6 Å². The summed E-state index contributed by atoms with van der Waals surface area (Å²) in [5, 5.41) is 50.8. The number of urea groups is 1. The Labute approximate surface area is 253 Å². The van der Waals surface area contributed by atoms with Gasteiger partial charge in [0, 0.05) is 37.0 Å². The van der Waals surface area contributed by atoms with Crippen molar-refractivity contribution >= 4 is 40.6 Å². The van der Waals surface area contributed by atoms with E-state index in [1.165, 1.54) is 11.0 Å². The molecule has 3 aliphatic rings. The fourth-order valence-corrected chi connectivity index (χ4v) is 6.71. The van der Waals surface area contributed by atoms with Gasteiger partial charge in [0.15, 0.2) is 17.1 Å². The molecule has 0 saturated carbocycles. The van der Waals surface area contributed by atoms with Crippen LogP contribution in [0.5, 0.6) is 5.75 Å². The fourth-order valence-electron chi connectivity index (χ4n) is 6.71. The summed E-state index contributed by atoms with van der Waals surface area (Å²) in [7, 11) is 6.59. The number of amides is 3. The molecule has 0 aromatic heterocycles. The molecular weight excluding hydrogens is 570 g/mol. The Kier molecular flexibility index (Phi) is 7.42. The van der Waals surface area contributed by atoms with Crippen LogP contribution in [-0.2, 0) is 16.0 Å². The number of phenolic OH excluding ortho intramolecular Hbond substituents is 1. The van der Waals surface area contributed by atoms with Crippen LogP contribution in [0.2, 0.25) is 0 Å². The van der Waals surface area contributed by atoms with E-state index in [1.807, 2.05) is 19.1 Å². The number of allylic oxidation sites excluding steroid dienone is 1. The number of carbonyl (C=O) groups excluding carboxylic acids is 4. The minimum atomic E-state index is -2.74. The van der Waals surface area contributed by atoms with E-state index in [9.17, 15) is 39.6 Å². The van der Waals surface area contributed by atoms with Crippen LogP contribution in [0.4, 0.5) is 21.9 Å². The summed E-state index contributed by atoms with van der Waals surface area (Å²) in [6.07, 6.45) is 0.0871. The van der Waals surface area contributed by atoms with Gasteiger partial charge in [-0.1, -0.05) is 17.7 Å². The molecule has 0 fully saturated rings. The lowest BCUT2D eigenvalue weighted by atomic mass is 9.58. The van der Waals surface area contributed by atoms with Crippen molar-refractivity contribution in [2.75, 3.05) is 43.7 Å². The molecule has 2 aromatic rings. The highest BCUT2D eigenvalue weighted by molar-refractivity contribution is 6.25. The Morgan fingerprint density at radius 1 is 1.02 bits per heavy atom. The molecule has 8 N–H and O–H groups in total. The Balaban J connectivity index is 1.62. The lowest BCUT2D eigenvalue weighted by Crippen LogP contribution is -2.63. The standard InChI is InChI=1S/C31H35N5O8/c1-13-6-8-15(9-7-13)33-30(43)34-18-12-19(35(2)3)16-10-14-11-17-23(36(4)5)26(39)22(29(32)42)28(41)31(17,44)27(40)20(14)25(38)21(16)24(18)37/h6-9,12,14,17,23,37,39-40,44H,10-11H2,1-5H3,(H2,32,42)(H2,33,34,43)/t14-,17-,23?,31-/m0/s1. The number of Topliss-reactive ketones (excluding diaryl/α,β-unsaturated/α-hetero) is 2. The van der Waals surface area contributed by atoms with E-state index < -0.39 is 69.8 Å². The molecule has 44 heavy (non-hydrogen) atoms. The van der Waals surface area contributed by atoms with Crippen molar-refractivity contribution < 1.29 is 39.6 Å². The van der Waals surface area contributed by atoms with Gasteiger partial charge in [-0.2, -0.15) is 0 Å². The predicted molar refractivity (Wildman–Crippen MR) is 162 cm³/mol. The minimum Gasteiger partial charge on any atom is -0.510 e. The van der Waals surface area contributed by atoms with Crippen molar-refractivity contribution in [2.45, 2.75) is 31.4 Å². The molecule has 0 bridgehead atoms. The topological polar surface area (TPSA) is 206 Å². The van der Waals surface area contributed by atoms with Gasteiger partial charge < -0.3 is 41.7 Å². The number of likely N-dealkylation sites (N-methyl/N-ethyl adjacent to an activating group) is 1. The fraction of sp³-hybridized carbons (Fsp3) is 0.355. The van der Waals surface area contributed by atoms with Crippen LogP contribution in [0.3, 0.4) is 0 Å². The average Bonchev–Trinajstić information content (AvgIpc) is 2.93. The van der Waals surface area contributed by atoms with Crippen molar-refractivity contribution in [3.63, 3.8) is 0 Å². The molecule has 0 radical (unpaired) electrons. The number of phenols is 1. The van der Waals surface area contributed by atoms with Gasteiger partial charge in [0.05, 0.1) is 17.3 Å². The summed E-state index contributed by atoms with van der Waals surface area (Å²) in [5.41, 5.74) is 3.65. The number of aryl methyl sites for hydroxylation is 1. The number of rotatable bonds is 5. The van der Waals surface area contributed by atoms with Crippen molar-refractivity contribution in [1.29, 1.82) is 0 Å². The highest BCUT2D eigenvalue weighted by Gasteiger charge is 2.63. The second kappa shape index (κ2) is 10.7. The minimum absolute atomic E-state index is 0.0294. The van der Waals surface area contributed by atoms with E-state index >= 15 is 0 Å². The van der Waals surface area contributed by atoms with Crippen molar-refractivity contribution in [3.05, 3.63) is 69.7 Å². The molecule has 0 aliphatic heterocycles. The molecule has 3 aliphatic carbocycles. The van der Waals surface area contributed by atoms with E-state index in [-0.39, 0.29) is 29.7 Å². The number of hydrogen-bond acceptors (Lipinski definition) is 10. The van der Waals surface area contributed by atoms with Crippen LogP contribution < -0.4 is 21.3 Å². The molecule has 3 amide bonds. The van der Waals surface area contributed by atoms with Gasteiger partial charge in [0.1, 0.15) is 17.1 Å². The highest BCUT2D eigenvalue weighted by Crippen LogP contribution is 2.53. The Morgan fingerprint density at radius 3 is 2.23 bits per heavy atom. The normalized spacial score (nSPS) is 24.5. The molecule has 0 saturated heterocycles. The van der Waals surface area contributed by atoms with Crippen molar-refractivity contribution in [2.24, 2.45) is 17.6 Å². The molecule has 13 heteroatoms. The number of nitrogens with one attached hydrogen (secondary N) is 2. The molecule has 5 rings (SSSR count). The zero-order valence-corrected chi connectivity index (χ0v) is 24.9. The molecule has 0 spiro atoms. The van der Waals surface area contributed by atoms with Gasteiger partial charge in [0.2, 0.25) is 5.78 Å².